The lowest BCUT2D eigenvalue weighted by Gasteiger charge is -2.05. The third-order valence-corrected chi connectivity index (χ3v) is 2.74. The molecule has 0 bridgehead atoms. The summed E-state index contributed by atoms with van der Waals surface area (Å²) in [5.74, 6) is 0. The van der Waals surface area contributed by atoms with Crippen LogP contribution in [-0.2, 0) is 0 Å². The van der Waals surface area contributed by atoms with E-state index in [1.807, 2.05) is 58.9 Å². The van der Waals surface area contributed by atoms with E-state index in [0.29, 0.717) is 0 Å². The summed E-state index contributed by atoms with van der Waals surface area (Å²) in [6.45, 7) is 14.1. The molecule has 0 amide bonds. The fourth-order valence-electron chi connectivity index (χ4n) is 1.88. The fraction of sp³-hybridized carbons (Fsp3) is 0.273. The standard InChI is InChI=1S/C17H16.2C2H6.CH4/c1-3-4-5-9-14(2)16-13-8-11-15-10-6-7-12-17(15)16;2*1-2;/h3-13H,2H2,1H3;2*1-2H3;1H4/b4-3-,9-5-;;;. The summed E-state index contributed by atoms with van der Waals surface area (Å²) in [4.78, 5) is 0. The van der Waals surface area contributed by atoms with Crippen LogP contribution in [0.5, 0.6) is 0 Å². The number of hydrogen-bond acceptors (Lipinski definition) is 0. The van der Waals surface area contributed by atoms with Gasteiger partial charge in [-0.15, -0.1) is 0 Å². The van der Waals surface area contributed by atoms with Crippen molar-refractivity contribution in [3.63, 3.8) is 0 Å². The minimum atomic E-state index is 0. The van der Waals surface area contributed by atoms with Gasteiger partial charge in [-0.3, -0.25) is 0 Å². The van der Waals surface area contributed by atoms with E-state index in [1.54, 1.807) is 0 Å². The van der Waals surface area contributed by atoms with E-state index in [-0.39, 0.29) is 7.43 Å². The first-order valence-corrected chi connectivity index (χ1v) is 7.79. The SMILES string of the molecule is C.C=C(/C=C\C=C/C)c1cccc2ccccc12.CC.CC. The van der Waals surface area contributed by atoms with Crippen LogP contribution in [0.4, 0.5) is 0 Å². The maximum absolute atomic E-state index is 4.13. The number of hydrogen-bond donors (Lipinski definition) is 0. The molecule has 0 heteroatoms. The van der Waals surface area contributed by atoms with Crippen molar-refractivity contribution in [2.24, 2.45) is 0 Å². The zero-order valence-corrected chi connectivity index (χ0v) is 14.1. The molecule has 0 spiro atoms. The van der Waals surface area contributed by atoms with Gasteiger partial charge in [0.25, 0.3) is 0 Å². The summed E-state index contributed by atoms with van der Waals surface area (Å²) < 4.78 is 0. The lowest BCUT2D eigenvalue weighted by Crippen LogP contribution is -1.82. The van der Waals surface area contributed by atoms with Gasteiger partial charge in [0, 0.05) is 0 Å². The number of allylic oxidation sites excluding steroid dienone is 5. The Morgan fingerprint density at radius 2 is 1.45 bits per heavy atom. The number of benzene rings is 2. The van der Waals surface area contributed by atoms with E-state index >= 15 is 0 Å². The highest BCUT2D eigenvalue weighted by atomic mass is 14.0. The van der Waals surface area contributed by atoms with E-state index < -0.39 is 0 Å². The van der Waals surface area contributed by atoms with E-state index in [0.717, 1.165) is 5.57 Å². The molecule has 2 aromatic carbocycles. The maximum atomic E-state index is 4.13. The zero-order valence-electron chi connectivity index (χ0n) is 14.1. The van der Waals surface area contributed by atoms with Gasteiger partial charge in [-0.05, 0) is 28.8 Å². The summed E-state index contributed by atoms with van der Waals surface area (Å²) in [5.41, 5.74) is 2.24. The quantitative estimate of drug-likeness (QED) is 0.510. The van der Waals surface area contributed by atoms with Crippen molar-refractivity contribution in [2.75, 3.05) is 0 Å². The summed E-state index contributed by atoms with van der Waals surface area (Å²) in [7, 11) is 0. The molecule has 0 aliphatic rings. The molecule has 0 radical (unpaired) electrons. The van der Waals surface area contributed by atoms with E-state index in [2.05, 4.69) is 49.0 Å². The second-order valence-corrected chi connectivity index (χ2v) is 3.94. The molecule has 2 aromatic rings. The fourth-order valence-corrected chi connectivity index (χ4v) is 1.88. The van der Waals surface area contributed by atoms with Crippen molar-refractivity contribution in [3.05, 3.63) is 78.9 Å². The molecule has 2 rings (SSSR count). The van der Waals surface area contributed by atoms with Crippen LogP contribution in [0.2, 0.25) is 0 Å². The van der Waals surface area contributed by atoms with E-state index in [4.69, 9.17) is 0 Å². The minimum absolute atomic E-state index is 0. The highest BCUT2D eigenvalue weighted by Crippen LogP contribution is 2.24. The molecule has 0 atom stereocenters. The average Bonchev–Trinajstić information content (AvgIpc) is 2.58. The summed E-state index contributed by atoms with van der Waals surface area (Å²) >= 11 is 0. The third kappa shape index (κ3) is 6.58. The monoisotopic (exact) mass is 296 g/mol. The Morgan fingerprint density at radius 3 is 2.09 bits per heavy atom. The third-order valence-electron chi connectivity index (χ3n) is 2.74. The van der Waals surface area contributed by atoms with E-state index in [9.17, 15) is 0 Å². The highest BCUT2D eigenvalue weighted by molar-refractivity contribution is 5.95. The van der Waals surface area contributed by atoms with Gasteiger partial charge in [0.05, 0.1) is 0 Å². The molecule has 0 aliphatic heterocycles. The van der Waals surface area contributed by atoms with Crippen LogP contribution in [0.15, 0.2) is 73.3 Å². The van der Waals surface area contributed by atoms with Crippen molar-refractivity contribution < 1.29 is 0 Å². The molecule has 0 saturated heterocycles. The van der Waals surface area contributed by atoms with Crippen LogP contribution in [-0.4, -0.2) is 0 Å². The van der Waals surface area contributed by atoms with Gasteiger partial charge in [-0.25, -0.2) is 0 Å². The first-order valence-electron chi connectivity index (χ1n) is 7.79. The first-order chi connectivity index (χ1) is 10.3. The van der Waals surface area contributed by atoms with Crippen LogP contribution in [0, 0.1) is 0 Å². The predicted molar refractivity (Wildman–Crippen MR) is 106 cm³/mol. The topological polar surface area (TPSA) is 0 Å². The highest BCUT2D eigenvalue weighted by Gasteiger charge is 2.00. The van der Waals surface area contributed by atoms with Gasteiger partial charge in [-0.1, -0.05) is 108 Å². The Morgan fingerprint density at radius 1 is 0.864 bits per heavy atom. The van der Waals surface area contributed by atoms with Crippen molar-refractivity contribution in [1.29, 1.82) is 0 Å². The Bertz CT molecular complexity index is 581. The van der Waals surface area contributed by atoms with Crippen LogP contribution >= 0.6 is 0 Å². The molecule has 0 nitrogen and oxygen atoms in total. The number of rotatable bonds is 3. The zero-order chi connectivity index (χ0) is 16.1. The van der Waals surface area contributed by atoms with Crippen LogP contribution in [0.3, 0.4) is 0 Å². The summed E-state index contributed by atoms with van der Waals surface area (Å²) in [6.07, 6.45) is 8.08. The second kappa shape index (κ2) is 13.9. The Balaban J connectivity index is 0. The first kappa shape index (κ1) is 22.2. The van der Waals surface area contributed by atoms with Crippen molar-refractivity contribution in [3.8, 4) is 0 Å². The lowest BCUT2D eigenvalue weighted by atomic mass is 9.99. The number of fused-ring (bicyclic) bond motifs is 1. The molecule has 0 aromatic heterocycles. The van der Waals surface area contributed by atoms with Gasteiger partial charge < -0.3 is 0 Å². The lowest BCUT2D eigenvalue weighted by molar-refractivity contribution is 1.50. The van der Waals surface area contributed by atoms with Crippen molar-refractivity contribution in [1.82, 2.24) is 0 Å². The second-order valence-electron chi connectivity index (χ2n) is 3.94. The molecular formula is C22H32. The van der Waals surface area contributed by atoms with Crippen molar-refractivity contribution >= 4 is 16.3 Å². The van der Waals surface area contributed by atoms with Gasteiger partial charge >= 0.3 is 0 Å². The summed E-state index contributed by atoms with van der Waals surface area (Å²) in [5, 5.41) is 2.51. The molecule has 0 heterocycles. The molecule has 120 valence electrons. The Kier molecular flexibility index (Phi) is 14.0. The van der Waals surface area contributed by atoms with Crippen LogP contribution in [0.1, 0.15) is 47.6 Å². The average molecular weight is 296 g/mol. The van der Waals surface area contributed by atoms with Crippen LogP contribution < -0.4 is 0 Å². The predicted octanol–water partition coefficient (Wildman–Crippen LogP) is 7.67. The van der Waals surface area contributed by atoms with Crippen molar-refractivity contribution in [2.45, 2.75) is 42.0 Å². The van der Waals surface area contributed by atoms with Gasteiger partial charge in [0.2, 0.25) is 0 Å². The van der Waals surface area contributed by atoms with Crippen LogP contribution in [0.25, 0.3) is 16.3 Å². The van der Waals surface area contributed by atoms with Gasteiger partial charge in [0.1, 0.15) is 0 Å². The van der Waals surface area contributed by atoms with E-state index in [1.165, 1.54) is 16.3 Å². The molecule has 0 saturated carbocycles. The normalized spacial score (nSPS) is 9.50. The smallest absolute Gasteiger partial charge is 0.0106 e. The maximum Gasteiger partial charge on any atom is -0.0106 e. The van der Waals surface area contributed by atoms with Gasteiger partial charge in [-0.2, -0.15) is 0 Å². The molecule has 0 unspecified atom stereocenters. The minimum Gasteiger partial charge on any atom is -0.0911 e. The molecular weight excluding hydrogens is 264 g/mol. The molecule has 0 N–H and O–H groups in total. The molecule has 0 fully saturated rings. The Labute approximate surface area is 137 Å². The largest absolute Gasteiger partial charge is 0.0911 e. The van der Waals surface area contributed by atoms with Gasteiger partial charge in [0.15, 0.2) is 0 Å². The summed E-state index contributed by atoms with van der Waals surface area (Å²) in [6, 6.07) is 14.7. The molecule has 0 aliphatic carbocycles. The molecule has 22 heavy (non-hydrogen) atoms. The Hall–Kier alpha value is -2.08.